The van der Waals surface area contributed by atoms with E-state index in [1.54, 1.807) is 6.07 Å². The number of aryl methyl sites for hydroxylation is 1. The number of aromatic nitrogens is 1. The molecule has 0 aliphatic carbocycles. The number of rotatable bonds is 5. The van der Waals surface area contributed by atoms with Gasteiger partial charge in [-0.2, -0.15) is 0 Å². The van der Waals surface area contributed by atoms with E-state index in [4.69, 9.17) is 4.42 Å². The molecule has 24 heavy (non-hydrogen) atoms. The van der Waals surface area contributed by atoms with Crippen molar-refractivity contribution in [1.82, 2.24) is 14.8 Å². The van der Waals surface area contributed by atoms with Crippen LogP contribution in [0.25, 0.3) is 11.1 Å². The van der Waals surface area contributed by atoms with Crippen LogP contribution in [0.4, 0.5) is 0 Å². The molecule has 1 amide bonds. The number of likely N-dealkylation sites (tertiary alicyclic amines) is 1. The van der Waals surface area contributed by atoms with Crippen molar-refractivity contribution < 1.29 is 9.21 Å². The zero-order valence-corrected chi connectivity index (χ0v) is 14.4. The lowest BCUT2D eigenvalue weighted by molar-refractivity contribution is -0.121. The standard InChI is InChI=1S/C18H25N3O3/c1-13-5-6-16-15(10-13)21(18(23)24-16)12-17(22)19-8-7-14-4-3-9-20(2)11-14/h5-6,10,14H,3-4,7-9,11-12H2,1-2H3,(H,19,22)/t14-/m0/s1. The van der Waals surface area contributed by atoms with E-state index in [2.05, 4.69) is 17.3 Å². The van der Waals surface area contributed by atoms with E-state index in [9.17, 15) is 9.59 Å². The van der Waals surface area contributed by atoms with Crippen LogP contribution in [-0.2, 0) is 11.3 Å². The monoisotopic (exact) mass is 331 g/mol. The van der Waals surface area contributed by atoms with E-state index in [-0.39, 0.29) is 12.5 Å². The molecule has 130 valence electrons. The lowest BCUT2D eigenvalue weighted by Gasteiger charge is -2.29. The smallest absolute Gasteiger partial charge is 0.408 e. The first-order chi connectivity index (χ1) is 11.5. The van der Waals surface area contributed by atoms with Gasteiger partial charge < -0.3 is 14.6 Å². The topological polar surface area (TPSA) is 67.5 Å². The third-order valence-electron chi connectivity index (χ3n) is 4.72. The fraction of sp³-hybridized carbons (Fsp3) is 0.556. The second-order valence-corrected chi connectivity index (χ2v) is 6.83. The van der Waals surface area contributed by atoms with Crippen LogP contribution < -0.4 is 11.1 Å². The first-order valence-electron chi connectivity index (χ1n) is 8.58. The maximum atomic E-state index is 12.2. The molecule has 6 heteroatoms. The summed E-state index contributed by atoms with van der Waals surface area (Å²) in [7, 11) is 2.14. The summed E-state index contributed by atoms with van der Waals surface area (Å²) in [5.41, 5.74) is 2.21. The molecule has 1 aromatic heterocycles. The van der Waals surface area contributed by atoms with Crippen LogP contribution in [0.5, 0.6) is 0 Å². The van der Waals surface area contributed by atoms with Gasteiger partial charge in [0.2, 0.25) is 5.91 Å². The van der Waals surface area contributed by atoms with Crippen LogP contribution in [-0.4, -0.2) is 42.1 Å². The van der Waals surface area contributed by atoms with Crippen molar-refractivity contribution in [1.29, 1.82) is 0 Å². The Hall–Kier alpha value is -2.08. The van der Waals surface area contributed by atoms with Gasteiger partial charge in [-0.1, -0.05) is 6.07 Å². The zero-order valence-electron chi connectivity index (χ0n) is 14.4. The van der Waals surface area contributed by atoms with Gasteiger partial charge in [0, 0.05) is 13.1 Å². The molecular weight excluding hydrogens is 306 g/mol. The Morgan fingerprint density at radius 1 is 1.42 bits per heavy atom. The fourth-order valence-corrected chi connectivity index (χ4v) is 3.45. The first-order valence-corrected chi connectivity index (χ1v) is 8.58. The molecule has 3 rings (SSSR count). The normalized spacial score (nSPS) is 18.8. The van der Waals surface area contributed by atoms with Gasteiger partial charge in [0.25, 0.3) is 0 Å². The van der Waals surface area contributed by atoms with Crippen molar-refractivity contribution in [3.05, 3.63) is 34.3 Å². The largest absolute Gasteiger partial charge is 0.420 e. The van der Waals surface area contributed by atoms with E-state index in [1.807, 2.05) is 19.1 Å². The van der Waals surface area contributed by atoms with Crippen molar-refractivity contribution >= 4 is 17.0 Å². The average molecular weight is 331 g/mol. The van der Waals surface area contributed by atoms with Crippen molar-refractivity contribution in [2.75, 3.05) is 26.7 Å². The highest BCUT2D eigenvalue weighted by atomic mass is 16.4. The van der Waals surface area contributed by atoms with E-state index < -0.39 is 5.76 Å². The lowest BCUT2D eigenvalue weighted by Crippen LogP contribution is -2.36. The SMILES string of the molecule is Cc1ccc2oc(=O)n(CC(=O)NCC[C@@H]3CCCN(C)C3)c2c1. The summed E-state index contributed by atoms with van der Waals surface area (Å²) < 4.78 is 6.58. The third kappa shape index (κ3) is 3.87. The number of fused-ring (bicyclic) bond motifs is 1. The summed E-state index contributed by atoms with van der Waals surface area (Å²) in [5, 5.41) is 2.93. The van der Waals surface area contributed by atoms with Crippen LogP contribution in [0.2, 0.25) is 0 Å². The van der Waals surface area contributed by atoms with E-state index in [0.717, 1.165) is 18.5 Å². The van der Waals surface area contributed by atoms with Crippen molar-refractivity contribution in [3.63, 3.8) is 0 Å². The first kappa shape index (κ1) is 16.8. The molecule has 1 aliphatic rings. The second-order valence-electron chi connectivity index (χ2n) is 6.83. The lowest BCUT2D eigenvalue weighted by atomic mass is 9.95. The van der Waals surface area contributed by atoms with Crippen LogP contribution in [0.3, 0.4) is 0 Å². The molecule has 0 unspecified atom stereocenters. The number of amides is 1. The Kier molecular flexibility index (Phi) is 5.04. The number of carbonyl (C=O) groups is 1. The molecule has 1 saturated heterocycles. The highest BCUT2D eigenvalue weighted by molar-refractivity contribution is 5.79. The second kappa shape index (κ2) is 7.21. The van der Waals surface area contributed by atoms with Gasteiger partial charge in [-0.05, 0) is 63.4 Å². The highest BCUT2D eigenvalue weighted by Gasteiger charge is 2.17. The highest BCUT2D eigenvalue weighted by Crippen LogP contribution is 2.18. The third-order valence-corrected chi connectivity index (χ3v) is 4.72. The van der Waals surface area contributed by atoms with Gasteiger partial charge >= 0.3 is 5.76 Å². The number of nitrogens with one attached hydrogen (secondary N) is 1. The average Bonchev–Trinajstić information content (AvgIpc) is 2.83. The summed E-state index contributed by atoms with van der Waals surface area (Å²) in [6.07, 6.45) is 3.44. The van der Waals surface area contributed by atoms with Crippen LogP contribution in [0.15, 0.2) is 27.4 Å². The minimum absolute atomic E-state index is 0.000143. The molecule has 0 radical (unpaired) electrons. The summed E-state index contributed by atoms with van der Waals surface area (Å²) in [6, 6.07) is 5.52. The molecule has 1 aliphatic heterocycles. The van der Waals surface area contributed by atoms with Gasteiger partial charge in [-0.25, -0.2) is 4.79 Å². The van der Waals surface area contributed by atoms with Gasteiger partial charge in [0.15, 0.2) is 5.58 Å². The van der Waals surface area contributed by atoms with Gasteiger partial charge in [-0.15, -0.1) is 0 Å². The molecule has 1 N–H and O–H groups in total. The fourth-order valence-electron chi connectivity index (χ4n) is 3.45. The van der Waals surface area contributed by atoms with Gasteiger partial charge in [0.05, 0.1) is 5.52 Å². The number of nitrogens with zero attached hydrogens (tertiary/aromatic N) is 2. The quantitative estimate of drug-likeness (QED) is 0.906. The van der Waals surface area contributed by atoms with Crippen LogP contribution in [0, 0.1) is 12.8 Å². The molecule has 2 heterocycles. The molecule has 1 fully saturated rings. The number of hydrogen-bond acceptors (Lipinski definition) is 4. The molecule has 6 nitrogen and oxygen atoms in total. The van der Waals surface area contributed by atoms with Crippen molar-refractivity contribution in [2.45, 2.75) is 32.7 Å². The van der Waals surface area contributed by atoms with Crippen molar-refractivity contribution in [2.24, 2.45) is 5.92 Å². The number of piperidine rings is 1. The summed E-state index contributed by atoms with van der Waals surface area (Å²) in [4.78, 5) is 26.5. The summed E-state index contributed by atoms with van der Waals surface area (Å²) in [6.45, 7) is 4.86. The minimum atomic E-state index is -0.486. The van der Waals surface area contributed by atoms with Gasteiger partial charge in [-0.3, -0.25) is 9.36 Å². The summed E-state index contributed by atoms with van der Waals surface area (Å²) >= 11 is 0. The summed E-state index contributed by atoms with van der Waals surface area (Å²) in [5.74, 6) is 0.00861. The zero-order chi connectivity index (χ0) is 17.1. The molecule has 0 spiro atoms. The predicted octanol–water partition coefficient (Wildman–Crippen LogP) is 1.75. The molecule has 0 saturated carbocycles. The molecule has 1 aromatic carbocycles. The molecular formula is C18H25N3O3. The minimum Gasteiger partial charge on any atom is -0.408 e. The molecule has 1 atom stereocenters. The number of carbonyl (C=O) groups excluding carboxylic acids is 1. The van der Waals surface area contributed by atoms with Crippen molar-refractivity contribution in [3.8, 4) is 0 Å². The molecule has 2 aromatic rings. The number of benzene rings is 1. The van der Waals surface area contributed by atoms with Crippen LogP contribution >= 0.6 is 0 Å². The Labute approximate surface area is 141 Å². The Morgan fingerprint density at radius 3 is 3.04 bits per heavy atom. The van der Waals surface area contributed by atoms with Gasteiger partial charge in [0.1, 0.15) is 6.54 Å². The van der Waals surface area contributed by atoms with Crippen LogP contribution in [0.1, 0.15) is 24.8 Å². The number of hydrogen-bond donors (Lipinski definition) is 1. The Morgan fingerprint density at radius 2 is 2.25 bits per heavy atom. The van der Waals surface area contributed by atoms with E-state index in [0.29, 0.717) is 23.6 Å². The van der Waals surface area contributed by atoms with E-state index >= 15 is 0 Å². The Balaban J connectivity index is 1.56. The van der Waals surface area contributed by atoms with E-state index in [1.165, 1.54) is 24.0 Å². The number of oxazole rings is 1. The maximum absolute atomic E-state index is 12.2. The molecule has 0 bridgehead atoms. The Bertz CT molecular complexity index is 777. The maximum Gasteiger partial charge on any atom is 0.420 e. The predicted molar refractivity (Wildman–Crippen MR) is 93.1 cm³/mol.